The van der Waals surface area contributed by atoms with Crippen LogP contribution in [0.5, 0.6) is 0 Å². The van der Waals surface area contributed by atoms with Crippen molar-refractivity contribution in [2.45, 2.75) is 20.4 Å². The van der Waals surface area contributed by atoms with Crippen LogP contribution in [0.25, 0.3) is 5.57 Å². The molecule has 0 fully saturated rings. The minimum Gasteiger partial charge on any atom is -0.467 e. The van der Waals surface area contributed by atoms with E-state index in [1.165, 1.54) is 13.2 Å². The molecule has 3 amide bonds. The third-order valence-electron chi connectivity index (χ3n) is 5.02. The molecule has 3 aromatic rings. The highest BCUT2D eigenvalue weighted by Crippen LogP contribution is 2.33. The van der Waals surface area contributed by atoms with E-state index in [4.69, 9.17) is 16.0 Å². The predicted molar refractivity (Wildman–Crippen MR) is 122 cm³/mol. The summed E-state index contributed by atoms with van der Waals surface area (Å²) in [6.45, 7) is 3.30. The Hall–Kier alpha value is -3.84. The standard InChI is InChI=1S/C24H20ClN3O4/c1-14-5-8-17(25)12-20(14)27-22-21(16-6-9-18(10-7-16)26-15(2)29)23(30)28(24(22)31)13-19-4-3-11-32-19/h3-12,27H,13H2,1-2H3,(H,26,29). The molecule has 0 aliphatic carbocycles. The number of hydrogen-bond donors (Lipinski definition) is 2. The van der Waals surface area contributed by atoms with Gasteiger partial charge in [0.15, 0.2) is 0 Å². The van der Waals surface area contributed by atoms with Gasteiger partial charge in [0.2, 0.25) is 5.91 Å². The van der Waals surface area contributed by atoms with Crippen LogP contribution in [0.1, 0.15) is 23.8 Å². The molecule has 1 aliphatic heterocycles. The molecule has 32 heavy (non-hydrogen) atoms. The Morgan fingerprint density at radius 2 is 1.81 bits per heavy atom. The smallest absolute Gasteiger partial charge is 0.278 e. The molecule has 7 nitrogen and oxygen atoms in total. The van der Waals surface area contributed by atoms with Crippen LogP contribution in [0.15, 0.2) is 71.0 Å². The highest BCUT2D eigenvalue weighted by atomic mass is 35.5. The first-order valence-electron chi connectivity index (χ1n) is 9.87. The molecule has 0 bridgehead atoms. The normalized spacial score (nSPS) is 13.7. The first-order valence-corrected chi connectivity index (χ1v) is 10.3. The number of anilines is 2. The Bertz CT molecular complexity index is 1230. The molecule has 4 rings (SSSR count). The number of halogens is 1. The maximum atomic E-state index is 13.3. The Balaban J connectivity index is 1.75. The van der Waals surface area contributed by atoms with E-state index in [2.05, 4.69) is 10.6 Å². The van der Waals surface area contributed by atoms with E-state index in [-0.39, 0.29) is 23.7 Å². The molecular weight excluding hydrogens is 430 g/mol. The van der Waals surface area contributed by atoms with E-state index in [0.29, 0.717) is 27.7 Å². The third-order valence-corrected chi connectivity index (χ3v) is 5.25. The maximum absolute atomic E-state index is 13.3. The van der Waals surface area contributed by atoms with E-state index >= 15 is 0 Å². The van der Waals surface area contributed by atoms with E-state index in [0.717, 1.165) is 10.5 Å². The molecule has 1 aromatic heterocycles. The van der Waals surface area contributed by atoms with Crippen molar-refractivity contribution in [3.05, 3.63) is 88.5 Å². The molecule has 0 saturated carbocycles. The molecule has 0 saturated heterocycles. The highest BCUT2D eigenvalue weighted by Gasteiger charge is 2.39. The van der Waals surface area contributed by atoms with Gasteiger partial charge in [-0.25, -0.2) is 0 Å². The van der Waals surface area contributed by atoms with Crippen molar-refractivity contribution in [3.63, 3.8) is 0 Å². The fourth-order valence-electron chi connectivity index (χ4n) is 3.45. The van der Waals surface area contributed by atoms with Crippen LogP contribution in [0.2, 0.25) is 5.02 Å². The molecule has 8 heteroatoms. The molecule has 0 spiro atoms. The van der Waals surface area contributed by atoms with Crippen molar-refractivity contribution in [3.8, 4) is 0 Å². The number of carbonyl (C=O) groups excluding carboxylic acids is 3. The van der Waals surface area contributed by atoms with Crippen LogP contribution in [0.4, 0.5) is 11.4 Å². The van der Waals surface area contributed by atoms with Crippen molar-refractivity contribution < 1.29 is 18.8 Å². The second-order valence-electron chi connectivity index (χ2n) is 7.37. The summed E-state index contributed by atoms with van der Waals surface area (Å²) in [5.41, 5.74) is 3.01. The minimum absolute atomic E-state index is 0.0118. The number of furan rings is 1. The van der Waals surface area contributed by atoms with Crippen molar-refractivity contribution in [1.29, 1.82) is 0 Å². The summed E-state index contributed by atoms with van der Waals surface area (Å²) in [7, 11) is 0. The number of nitrogens with zero attached hydrogens (tertiary/aromatic N) is 1. The Kier molecular flexibility index (Phi) is 5.83. The Morgan fingerprint density at radius 3 is 2.47 bits per heavy atom. The summed E-state index contributed by atoms with van der Waals surface area (Å²) in [6.07, 6.45) is 1.49. The average Bonchev–Trinajstić information content (AvgIpc) is 3.34. The lowest BCUT2D eigenvalue weighted by Gasteiger charge is -2.14. The van der Waals surface area contributed by atoms with Gasteiger partial charge in [-0.15, -0.1) is 0 Å². The summed E-state index contributed by atoms with van der Waals surface area (Å²) < 4.78 is 5.33. The zero-order valence-corrected chi connectivity index (χ0v) is 18.2. The van der Waals surface area contributed by atoms with Crippen molar-refractivity contribution in [1.82, 2.24) is 4.90 Å². The van der Waals surface area contributed by atoms with E-state index in [1.807, 2.05) is 13.0 Å². The predicted octanol–water partition coefficient (Wildman–Crippen LogP) is 4.59. The van der Waals surface area contributed by atoms with Gasteiger partial charge in [0, 0.05) is 23.3 Å². The van der Waals surface area contributed by atoms with Crippen LogP contribution in [0, 0.1) is 6.92 Å². The molecule has 0 unspecified atom stereocenters. The van der Waals surface area contributed by atoms with Gasteiger partial charge in [0.1, 0.15) is 11.5 Å². The third kappa shape index (κ3) is 4.29. The molecule has 162 valence electrons. The van der Waals surface area contributed by atoms with E-state index in [9.17, 15) is 14.4 Å². The highest BCUT2D eigenvalue weighted by molar-refractivity contribution is 6.36. The lowest BCUT2D eigenvalue weighted by atomic mass is 10.0. The first kappa shape index (κ1) is 21.4. The fourth-order valence-corrected chi connectivity index (χ4v) is 3.62. The summed E-state index contributed by atoms with van der Waals surface area (Å²) in [4.78, 5) is 39.1. The monoisotopic (exact) mass is 449 g/mol. The van der Waals surface area contributed by atoms with Crippen LogP contribution in [-0.4, -0.2) is 22.6 Å². The SMILES string of the molecule is CC(=O)Nc1ccc(C2=C(Nc3cc(Cl)ccc3C)C(=O)N(Cc3ccco3)C2=O)cc1. The van der Waals surface area contributed by atoms with Crippen LogP contribution in [-0.2, 0) is 20.9 Å². The summed E-state index contributed by atoms with van der Waals surface area (Å²) in [5, 5.41) is 6.31. The quantitative estimate of drug-likeness (QED) is 0.537. The minimum atomic E-state index is -0.466. The van der Waals surface area contributed by atoms with Crippen molar-refractivity contribution in [2.24, 2.45) is 0 Å². The van der Waals surface area contributed by atoms with Crippen LogP contribution >= 0.6 is 11.6 Å². The largest absolute Gasteiger partial charge is 0.467 e. The van der Waals surface area contributed by atoms with Crippen LogP contribution < -0.4 is 10.6 Å². The van der Waals surface area contributed by atoms with Gasteiger partial charge in [-0.2, -0.15) is 0 Å². The number of imide groups is 1. The molecule has 0 atom stereocenters. The van der Waals surface area contributed by atoms with Gasteiger partial charge >= 0.3 is 0 Å². The average molecular weight is 450 g/mol. The molecule has 2 N–H and O–H groups in total. The Morgan fingerprint density at radius 1 is 1.06 bits per heavy atom. The van der Waals surface area contributed by atoms with Crippen molar-refractivity contribution in [2.75, 3.05) is 10.6 Å². The second-order valence-corrected chi connectivity index (χ2v) is 7.81. The topological polar surface area (TPSA) is 91.7 Å². The lowest BCUT2D eigenvalue weighted by molar-refractivity contribution is -0.137. The Labute approximate surface area is 189 Å². The summed E-state index contributed by atoms with van der Waals surface area (Å²) >= 11 is 6.14. The van der Waals surface area contributed by atoms with E-state index < -0.39 is 11.8 Å². The second kappa shape index (κ2) is 8.72. The van der Waals surface area contributed by atoms with Gasteiger partial charge in [0.05, 0.1) is 18.4 Å². The number of aryl methyl sites for hydroxylation is 1. The summed E-state index contributed by atoms with van der Waals surface area (Å²) in [6, 6.07) is 15.4. The molecule has 2 aromatic carbocycles. The van der Waals surface area contributed by atoms with Gasteiger partial charge in [0.25, 0.3) is 11.8 Å². The lowest BCUT2D eigenvalue weighted by Crippen LogP contribution is -2.31. The number of rotatable bonds is 6. The van der Waals surface area contributed by atoms with Gasteiger partial charge in [-0.1, -0.05) is 29.8 Å². The number of amides is 3. The number of nitrogens with one attached hydrogen (secondary N) is 2. The number of benzene rings is 2. The molecule has 2 heterocycles. The zero-order valence-electron chi connectivity index (χ0n) is 17.4. The number of hydrogen-bond acceptors (Lipinski definition) is 5. The number of carbonyl (C=O) groups is 3. The zero-order chi connectivity index (χ0) is 22.8. The van der Waals surface area contributed by atoms with Gasteiger partial charge < -0.3 is 15.1 Å². The molecule has 0 radical (unpaired) electrons. The van der Waals surface area contributed by atoms with Crippen molar-refractivity contribution >= 4 is 46.3 Å². The maximum Gasteiger partial charge on any atom is 0.278 e. The van der Waals surface area contributed by atoms with Gasteiger partial charge in [-0.3, -0.25) is 19.3 Å². The molecular formula is C24H20ClN3O4. The fraction of sp³-hybridized carbons (Fsp3) is 0.125. The van der Waals surface area contributed by atoms with Gasteiger partial charge in [-0.05, 0) is 54.4 Å². The van der Waals surface area contributed by atoms with E-state index in [1.54, 1.807) is 48.5 Å². The summed E-state index contributed by atoms with van der Waals surface area (Å²) in [5.74, 6) is -0.618. The van der Waals surface area contributed by atoms with Crippen LogP contribution in [0.3, 0.4) is 0 Å². The molecule has 1 aliphatic rings. The first-order chi connectivity index (χ1) is 15.3.